The van der Waals surface area contributed by atoms with E-state index in [0.29, 0.717) is 10.7 Å². The normalized spacial score (nSPS) is 10.3. The van der Waals surface area contributed by atoms with Crippen molar-refractivity contribution in [2.45, 2.75) is 0 Å². The zero-order valence-corrected chi connectivity index (χ0v) is 12.9. The Balaban J connectivity index is 2.09. The highest BCUT2D eigenvalue weighted by molar-refractivity contribution is 6.34. The molecule has 0 aromatic heterocycles. The minimum absolute atomic E-state index is 0.214. The van der Waals surface area contributed by atoms with Crippen LogP contribution in [0.15, 0.2) is 72.8 Å². The molecule has 0 saturated carbocycles. The fourth-order valence-corrected chi connectivity index (χ4v) is 2.73. The molecule has 0 aliphatic carbocycles. The minimum Gasteiger partial charge on any atom is -0.478 e. The Hall–Kier alpha value is -2.78. The molecular weight excluding hydrogens is 310 g/mol. The molecule has 0 fully saturated rings. The highest BCUT2D eigenvalue weighted by atomic mass is 35.5. The molecule has 4 heteroatoms. The Bertz CT molecular complexity index is 847. The standard InChI is InChI=1S/C19H14ClNO2/c20-15-10-6-12-17(18(15)13-7-2-1-3-8-13)21-16-11-5-4-9-14(16)19(22)23/h1-12,21H,(H,22,23). The number of hydrogen-bond acceptors (Lipinski definition) is 2. The third-order valence-corrected chi connectivity index (χ3v) is 3.82. The molecule has 0 saturated heterocycles. The smallest absolute Gasteiger partial charge is 0.337 e. The number of anilines is 2. The van der Waals surface area contributed by atoms with Crippen molar-refractivity contribution in [3.63, 3.8) is 0 Å². The van der Waals surface area contributed by atoms with Crippen LogP contribution >= 0.6 is 11.6 Å². The van der Waals surface area contributed by atoms with Crippen molar-refractivity contribution in [3.05, 3.63) is 83.4 Å². The summed E-state index contributed by atoms with van der Waals surface area (Å²) in [6.07, 6.45) is 0. The predicted octanol–water partition coefficient (Wildman–Crippen LogP) is 5.45. The number of carbonyl (C=O) groups is 1. The number of halogens is 1. The van der Waals surface area contributed by atoms with Gasteiger partial charge in [-0.15, -0.1) is 0 Å². The Kier molecular flexibility index (Phi) is 4.31. The maximum absolute atomic E-state index is 11.4. The van der Waals surface area contributed by atoms with Crippen molar-refractivity contribution in [3.8, 4) is 11.1 Å². The third-order valence-electron chi connectivity index (χ3n) is 3.50. The zero-order valence-electron chi connectivity index (χ0n) is 12.2. The summed E-state index contributed by atoms with van der Waals surface area (Å²) >= 11 is 6.38. The molecule has 0 aliphatic heterocycles. The van der Waals surface area contributed by atoms with Crippen LogP contribution in [0.3, 0.4) is 0 Å². The van der Waals surface area contributed by atoms with Gasteiger partial charge in [0.1, 0.15) is 0 Å². The molecule has 3 aromatic carbocycles. The first-order valence-electron chi connectivity index (χ1n) is 7.10. The third kappa shape index (κ3) is 3.20. The molecule has 0 radical (unpaired) electrons. The SMILES string of the molecule is O=C(O)c1ccccc1Nc1cccc(Cl)c1-c1ccccc1. The Morgan fingerprint density at radius 2 is 1.48 bits per heavy atom. The van der Waals surface area contributed by atoms with E-state index >= 15 is 0 Å². The molecule has 3 nitrogen and oxygen atoms in total. The molecule has 23 heavy (non-hydrogen) atoms. The quantitative estimate of drug-likeness (QED) is 0.671. The summed E-state index contributed by atoms with van der Waals surface area (Å²) in [5.74, 6) is -0.976. The summed E-state index contributed by atoms with van der Waals surface area (Å²) in [4.78, 5) is 11.4. The van der Waals surface area contributed by atoms with Gasteiger partial charge in [0, 0.05) is 11.3 Å². The molecular formula is C19H14ClNO2. The van der Waals surface area contributed by atoms with Crippen LogP contribution in [0.1, 0.15) is 10.4 Å². The van der Waals surface area contributed by atoms with Crippen molar-refractivity contribution >= 4 is 28.9 Å². The topological polar surface area (TPSA) is 49.3 Å². The molecule has 0 heterocycles. The molecule has 0 bridgehead atoms. The summed E-state index contributed by atoms with van der Waals surface area (Å²) in [6, 6.07) is 22.1. The van der Waals surface area contributed by atoms with Crippen molar-refractivity contribution in [2.24, 2.45) is 0 Å². The molecule has 0 aliphatic rings. The van der Waals surface area contributed by atoms with E-state index in [-0.39, 0.29) is 5.56 Å². The second-order valence-electron chi connectivity index (χ2n) is 5.00. The molecule has 3 rings (SSSR count). The Morgan fingerprint density at radius 3 is 2.22 bits per heavy atom. The first-order valence-corrected chi connectivity index (χ1v) is 7.48. The number of aromatic carboxylic acids is 1. The van der Waals surface area contributed by atoms with E-state index in [1.165, 1.54) is 0 Å². The van der Waals surface area contributed by atoms with Crippen LogP contribution in [0.5, 0.6) is 0 Å². The fraction of sp³-hybridized carbons (Fsp3) is 0. The molecule has 0 unspecified atom stereocenters. The van der Waals surface area contributed by atoms with Crippen LogP contribution in [0.4, 0.5) is 11.4 Å². The average Bonchev–Trinajstić information content (AvgIpc) is 2.56. The van der Waals surface area contributed by atoms with Crippen molar-refractivity contribution in [2.75, 3.05) is 5.32 Å². The van der Waals surface area contributed by atoms with Crippen LogP contribution in [0.25, 0.3) is 11.1 Å². The van der Waals surface area contributed by atoms with Gasteiger partial charge in [-0.2, -0.15) is 0 Å². The van der Waals surface area contributed by atoms with Gasteiger partial charge in [0.25, 0.3) is 0 Å². The van der Waals surface area contributed by atoms with Crippen molar-refractivity contribution in [1.29, 1.82) is 0 Å². The Morgan fingerprint density at radius 1 is 0.826 bits per heavy atom. The van der Waals surface area contributed by atoms with Gasteiger partial charge in [0.15, 0.2) is 0 Å². The number of carboxylic acid groups (broad SMARTS) is 1. The van der Waals surface area contributed by atoms with E-state index in [2.05, 4.69) is 5.32 Å². The van der Waals surface area contributed by atoms with Gasteiger partial charge in [-0.05, 0) is 29.8 Å². The van der Waals surface area contributed by atoms with Gasteiger partial charge in [-0.3, -0.25) is 0 Å². The predicted molar refractivity (Wildman–Crippen MR) is 93.6 cm³/mol. The number of hydrogen-bond donors (Lipinski definition) is 2. The fourth-order valence-electron chi connectivity index (χ4n) is 2.45. The summed E-state index contributed by atoms with van der Waals surface area (Å²) in [6.45, 7) is 0. The van der Waals surface area contributed by atoms with E-state index in [0.717, 1.165) is 16.8 Å². The maximum Gasteiger partial charge on any atom is 0.337 e. The first kappa shape index (κ1) is 15.1. The van der Waals surface area contributed by atoms with E-state index in [1.54, 1.807) is 24.3 Å². The molecule has 0 atom stereocenters. The second kappa shape index (κ2) is 6.55. The molecule has 0 amide bonds. The number of carboxylic acids is 1. The highest BCUT2D eigenvalue weighted by Crippen LogP contribution is 2.36. The van der Waals surface area contributed by atoms with Gasteiger partial charge >= 0.3 is 5.97 Å². The van der Waals surface area contributed by atoms with Gasteiger partial charge in [-0.1, -0.05) is 60.1 Å². The number of rotatable bonds is 4. The summed E-state index contributed by atoms with van der Waals surface area (Å²) in [7, 11) is 0. The average molecular weight is 324 g/mol. The Labute approximate surface area is 139 Å². The van der Waals surface area contributed by atoms with Crippen LogP contribution < -0.4 is 5.32 Å². The van der Waals surface area contributed by atoms with E-state index in [1.807, 2.05) is 48.5 Å². The minimum atomic E-state index is -0.976. The molecule has 114 valence electrons. The van der Waals surface area contributed by atoms with Crippen LogP contribution in [0.2, 0.25) is 5.02 Å². The molecule has 2 N–H and O–H groups in total. The number of para-hydroxylation sites is 1. The lowest BCUT2D eigenvalue weighted by atomic mass is 10.0. The van der Waals surface area contributed by atoms with Gasteiger partial charge in [0.2, 0.25) is 0 Å². The summed E-state index contributed by atoms with van der Waals surface area (Å²) in [5, 5.41) is 13.1. The summed E-state index contributed by atoms with van der Waals surface area (Å²) in [5.41, 5.74) is 3.31. The first-order chi connectivity index (χ1) is 11.2. The number of benzene rings is 3. The van der Waals surface area contributed by atoms with Crippen molar-refractivity contribution < 1.29 is 9.90 Å². The molecule has 3 aromatic rings. The maximum atomic E-state index is 11.4. The lowest BCUT2D eigenvalue weighted by Crippen LogP contribution is -2.03. The number of nitrogens with one attached hydrogen (secondary N) is 1. The van der Waals surface area contributed by atoms with Gasteiger partial charge in [-0.25, -0.2) is 4.79 Å². The zero-order chi connectivity index (χ0) is 16.2. The van der Waals surface area contributed by atoms with Gasteiger partial charge < -0.3 is 10.4 Å². The van der Waals surface area contributed by atoms with Gasteiger partial charge in [0.05, 0.1) is 16.3 Å². The highest BCUT2D eigenvalue weighted by Gasteiger charge is 2.13. The van der Waals surface area contributed by atoms with Crippen molar-refractivity contribution in [1.82, 2.24) is 0 Å². The lowest BCUT2D eigenvalue weighted by Gasteiger charge is -2.15. The van der Waals surface area contributed by atoms with E-state index in [9.17, 15) is 9.90 Å². The van der Waals surface area contributed by atoms with E-state index in [4.69, 9.17) is 11.6 Å². The van der Waals surface area contributed by atoms with Crippen LogP contribution in [-0.4, -0.2) is 11.1 Å². The monoisotopic (exact) mass is 323 g/mol. The lowest BCUT2D eigenvalue weighted by molar-refractivity contribution is 0.0698. The molecule has 0 spiro atoms. The van der Waals surface area contributed by atoms with Crippen LogP contribution in [0, 0.1) is 0 Å². The summed E-state index contributed by atoms with van der Waals surface area (Å²) < 4.78 is 0. The largest absolute Gasteiger partial charge is 0.478 e. The van der Waals surface area contributed by atoms with Crippen LogP contribution in [-0.2, 0) is 0 Å². The van der Waals surface area contributed by atoms with E-state index < -0.39 is 5.97 Å². The second-order valence-corrected chi connectivity index (χ2v) is 5.41.